The highest BCUT2D eigenvalue weighted by molar-refractivity contribution is 14.0. The second-order valence-corrected chi connectivity index (χ2v) is 7.83. The molecule has 1 heterocycles. The Kier molecular flexibility index (Phi) is 7.25. The predicted octanol–water partition coefficient (Wildman–Crippen LogP) is 4.16. The predicted molar refractivity (Wildman–Crippen MR) is 117 cm³/mol. The molecule has 1 aromatic heterocycles. The highest BCUT2D eigenvalue weighted by Crippen LogP contribution is 2.48. The van der Waals surface area contributed by atoms with Crippen LogP contribution in [0.25, 0.3) is 0 Å². The van der Waals surface area contributed by atoms with Crippen molar-refractivity contribution in [2.45, 2.75) is 45.6 Å². The molecule has 136 valence electrons. The average Bonchev–Trinajstić information content (AvgIpc) is 3.25. The van der Waals surface area contributed by atoms with Gasteiger partial charge < -0.3 is 10.6 Å². The lowest BCUT2D eigenvalue weighted by Crippen LogP contribution is -2.41. The number of thiazole rings is 1. The zero-order valence-electron chi connectivity index (χ0n) is 15.1. The minimum atomic E-state index is 0. The number of guanidine groups is 1. The number of hydrogen-bond donors (Lipinski definition) is 2. The summed E-state index contributed by atoms with van der Waals surface area (Å²) >= 11 is 1.71. The van der Waals surface area contributed by atoms with Crippen LogP contribution in [-0.4, -0.2) is 24.0 Å². The highest BCUT2D eigenvalue weighted by Gasteiger charge is 2.44. The summed E-state index contributed by atoms with van der Waals surface area (Å²) in [5, 5.41) is 7.94. The van der Waals surface area contributed by atoms with Crippen LogP contribution in [0.15, 0.2) is 35.5 Å². The number of nitrogens with one attached hydrogen (secondary N) is 2. The van der Waals surface area contributed by atoms with E-state index >= 15 is 0 Å². The molecule has 4 nitrogen and oxygen atoms in total. The van der Waals surface area contributed by atoms with Crippen LogP contribution in [0.1, 0.15) is 40.8 Å². The first-order valence-electron chi connectivity index (χ1n) is 8.62. The second-order valence-electron chi connectivity index (χ2n) is 6.51. The number of benzene rings is 1. The molecule has 2 N–H and O–H groups in total. The van der Waals surface area contributed by atoms with Gasteiger partial charge in [-0.3, -0.25) is 0 Å². The Hall–Kier alpha value is -1.15. The second kappa shape index (κ2) is 8.98. The molecule has 0 aliphatic heterocycles. The third-order valence-electron chi connectivity index (χ3n) is 4.55. The van der Waals surface area contributed by atoms with Crippen LogP contribution in [0.5, 0.6) is 0 Å². The maximum atomic E-state index is 4.69. The monoisotopic (exact) mass is 470 g/mol. The molecule has 0 amide bonds. The SMILES string of the molecule is CCNC(=NCc1ncc(C)s1)NCC1(c2ccccc2C)CC1.I. The van der Waals surface area contributed by atoms with Crippen molar-refractivity contribution in [3.05, 3.63) is 51.5 Å². The van der Waals surface area contributed by atoms with E-state index in [1.807, 2.05) is 6.20 Å². The maximum Gasteiger partial charge on any atom is 0.191 e. The van der Waals surface area contributed by atoms with Crippen LogP contribution in [-0.2, 0) is 12.0 Å². The summed E-state index contributed by atoms with van der Waals surface area (Å²) in [5.41, 5.74) is 3.14. The van der Waals surface area contributed by atoms with Crippen LogP contribution in [0.4, 0.5) is 0 Å². The Morgan fingerprint density at radius 3 is 2.60 bits per heavy atom. The Labute approximate surface area is 171 Å². The fraction of sp³-hybridized carbons (Fsp3) is 0.474. The lowest BCUT2D eigenvalue weighted by molar-refractivity contribution is 0.642. The quantitative estimate of drug-likeness (QED) is 0.379. The fourth-order valence-electron chi connectivity index (χ4n) is 3.08. The van der Waals surface area contributed by atoms with Crippen molar-refractivity contribution < 1.29 is 0 Å². The van der Waals surface area contributed by atoms with E-state index in [9.17, 15) is 0 Å². The van der Waals surface area contributed by atoms with Crippen molar-refractivity contribution in [1.82, 2.24) is 15.6 Å². The first-order chi connectivity index (χ1) is 11.6. The minimum absolute atomic E-state index is 0. The van der Waals surface area contributed by atoms with Gasteiger partial charge in [0.1, 0.15) is 5.01 Å². The van der Waals surface area contributed by atoms with Gasteiger partial charge in [0.25, 0.3) is 0 Å². The molecule has 3 rings (SSSR count). The van der Waals surface area contributed by atoms with Crippen molar-refractivity contribution in [1.29, 1.82) is 0 Å². The van der Waals surface area contributed by atoms with Gasteiger partial charge in [-0.25, -0.2) is 9.98 Å². The van der Waals surface area contributed by atoms with E-state index in [-0.39, 0.29) is 29.4 Å². The molecule has 2 aromatic rings. The third-order valence-corrected chi connectivity index (χ3v) is 5.45. The molecule has 25 heavy (non-hydrogen) atoms. The van der Waals surface area contributed by atoms with Gasteiger partial charge in [-0.05, 0) is 44.7 Å². The summed E-state index contributed by atoms with van der Waals surface area (Å²) in [7, 11) is 0. The molecule has 1 fully saturated rings. The Morgan fingerprint density at radius 2 is 2.00 bits per heavy atom. The molecular weight excluding hydrogens is 443 g/mol. The third kappa shape index (κ3) is 5.17. The van der Waals surface area contributed by atoms with Gasteiger partial charge in [-0.1, -0.05) is 24.3 Å². The summed E-state index contributed by atoms with van der Waals surface area (Å²) in [4.78, 5) is 10.3. The van der Waals surface area contributed by atoms with Crippen LogP contribution in [0.2, 0.25) is 0 Å². The number of aromatic nitrogens is 1. The van der Waals surface area contributed by atoms with Gasteiger partial charge in [0, 0.05) is 29.6 Å². The first-order valence-corrected chi connectivity index (χ1v) is 9.44. The van der Waals surface area contributed by atoms with E-state index in [4.69, 9.17) is 0 Å². The number of aliphatic imine (C=N–C) groups is 1. The zero-order valence-corrected chi connectivity index (χ0v) is 18.3. The van der Waals surface area contributed by atoms with E-state index in [1.54, 1.807) is 11.3 Å². The number of rotatable bonds is 6. The van der Waals surface area contributed by atoms with Gasteiger partial charge in [0.15, 0.2) is 5.96 Å². The molecule has 1 aliphatic carbocycles. The summed E-state index contributed by atoms with van der Waals surface area (Å²) < 4.78 is 0. The molecule has 0 atom stereocenters. The van der Waals surface area contributed by atoms with Crippen LogP contribution in [0, 0.1) is 13.8 Å². The Balaban J connectivity index is 0.00000225. The maximum absolute atomic E-state index is 4.69. The number of aryl methyl sites for hydroxylation is 2. The number of hydrogen-bond acceptors (Lipinski definition) is 3. The van der Waals surface area contributed by atoms with Crippen molar-refractivity contribution in [3.8, 4) is 0 Å². The zero-order chi connectivity index (χ0) is 17.0. The summed E-state index contributed by atoms with van der Waals surface area (Å²) in [5.74, 6) is 0.880. The van der Waals surface area contributed by atoms with Crippen LogP contribution in [0.3, 0.4) is 0 Å². The molecule has 0 radical (unpaired) electrons. The molecule has 0 unspecified atom stereocenters. The molecule has 6 heteroatoms. The summed E-state index contributed by atoms with van der Waals surface area (Å²) in [6.45, 7) is 8.80. The molecule has 0 bridgehead atoms. The van der Waals surface area contributed by atoms with Crippen LogP contribution < -0.4 is 10.6 Å². The lowest BCUT2D eigenvalue weighted by Gasteiger charge is -2.20. The van der Waals surface area contributed by atoms with E-state index in [0.717, 1.165) is 24.1 Å². The molecule has 0 spiro atoms. The minimum Gasteiger partial charge on any atom is -0.357 e. The van der Waals surface area contributed by atoms with Crippen molar-refractivity contribution in [2.24, 2.45) is 4.99 Å². The highest BCUT2D eigenvalue weighted by atomic mass is 127. The molecule has 0 saturated heterocycles. The van der Waals surface area contributed by atoms with Crippen molar-refractivity contribution >= 4 is 41.3 Å². The standard InChI is InChI=1S/C19H26N4S.HI/c1-4-20-18(22-12-17-21-11-15(3)24-17)23-13-19(9-10-19)16-8-6-5-7-14(16)2;/h5-8,11H,4,9-10,12-13H2,1-3H3,(H2,20,22,23);1H. The Morgan fingerprint density at radius 1 is 1.24 bits per heavy atom. The summed E-state index contributed by atoms with van der Waals surface area (Å²) in [6, 6.07) is 8.74. The molecule has 1 aromatic carbocycles. The first kappa shape index (κ1) is 20.2. The van der Waals surface area contributed by atoms with Gasteiger partial charge in [0.2, 0.25) is 0 Å². The van der Waals surface area contributed by atoms with Gasteiger partial charge in [-0.15, -0.1) is 35.3 Å². The van der Waals surface area contributed by atoms with E-state index in [1.165, 1.54) is 28.8 Å². The van der Waals surface area contributed by atoms with Gasteiger partial charge >= 0.3 is 0 Å². The average molecular weight is 470 g/mol. The van der Waals surface area contributed by atoms with E-state index < -0.39 is 0 Å². The molecular formula is C19H27IN4S. The number of nitrogens with zero attached hydrogens (tertiary/aromatic N) is 2. The van der Waals surface area contributed by atoms with E-state index in [0.29, 0.717) is 6.54 Å². The summed E-state index contributed by atoms with van der Waals surface area (Å²) in [6.07, 6.45) is 4.40. The topological polar surface area (TPSA) is 49.3 Å². The van der Waals surface area contributed by atoms with Crippen molar-refractivity contribution in [3.63, 3.8) is 0 Å². The van der Waals surface area contributed by atoms with E-state index in [2.05, 4.69) is 65.6 Å². The smallest absolute Gasteiger partial charge is 0.191 e. The largest absolute Gasteiger partial charge is 0.357 e. The molecule has 1 saturated carbocycles. The normalized spacial score (nSPS) is 15.4. The number of halogens is 1. The van der Waals surface area contributed by atoms with Gasteiger partial charge in [-0.2, -0.15) is 0 Å². The van der Waals surface area contributed by atoms with Gasteiger partial charge in [0.05, 0.1) is 6.54 Å². The van der Waals surface area contributed by atoms with Crippen molar-refractivity contribution in [2.75, 3.05) is 13.1 Å². The molecule has 1 aliphatic rings. The Bertz CT molecular complexity index is 722. The lowest BCUT2D eigenvalue weighted by atomic mass is 9.92. The fourth-order valence-corrected chi connectivity index (χ4v) is 3.79. The van der Waals surface area contributed by atoms with Crippen LogP contribution >= 0.6 is 35.3 Å².